The average Bonchev–Trinajstić information content (AvgIpc) is 2.25. The Labute approximate surface area is 95.5 Å². The van der Waals surface area contributed by atoms with Gasteiger partial charge in [-0.3, -0.25) is 0 Å². The van der Waals surface area contributed by atoms with E-state index in [1.165, 1.54) is 6.07 Å². The predicted octanol–water partition coefficient (Wildman–Crippen LogP) is 2.42. The van der Waals surface area contributed by atoms with E-state index in [9.17, 15) is 4.79 Å². The molecule has 0 saturated carbocycles. The van der Waals surface area contributed by atoms with E-state index in [0.29, 0.717) is 17.3 Å². The van der Waals surface area contributed by atoms with Crippen LogP contribution in [0.15, 0.2) is 18.2 Å². The van der Waals surface area contributed by atoms with Gasteiger partial charge in [-0.05, 0) is 24.1 Å². The zero-order valence-corrected chi connectivity index (χ0v) is 9.66. The SMILES string of the molecule is CCC(C)CNc1cc(N)ccc1C(=O)O. The maximum Gasteiger partial charge on any atom is 0.337 e. The zero-order valence-electron chi connectivity index (χ0n) is 9.66. The summed E-state index contributed by atoms with van der Waals surface area (Å²) in [7, 11) is 0. The molecule has 0 radical (unpaired) electrons. The van der Waals surface area contributed by atoms with Crippen LogP contribution in [-0.2, 0) is 0 Å². The van der Waals surface area contributed by atoms with E-state index in [1.807, 2.05) is 0 Å². The number of nitrogens with one attached hydrogen (secondary N) is 1. The molecule has 0 heterocycles. The first kappa shape index (κ1) is 12.4. The van der Waals surface area contributed by atoms with Gasteiger partial charge in [0, 0.05) is 12.2 Å². The van der Waals surface area contributed by atoms with E-state index < -0.39 is 5.97 Å². The van der Waals surface area contributed by atoms with Crippen molar-refractivity contribution in [2.45, 2.75) is 20.3 Å². The molecule has 0 amide bonds. The summed E-state index contributed by atoms with van der Waals surface area (Å²) in [6.07, 6.45) is 1.05. The second kappa shape index (κ2) is 5.39. The molecule has 0 saturated heterocycles. The Morgan fingerprint density at radius 3 is 2.81 bits per heavy atom. The number of hydrogen-bond donors (Lipinski definition) is 3. The fourth-order valence-electron chi connectivity index (χ4n) is 1.32. The smallest absolute Gasteiger partial charge is 0.337 e. The van der Waals surface area contributed by atoms with E-state index in [2.05, 4.69) is 19.2 Å². The Balaban J connectivity index is 2.84. The number of carboxylic acid groups (broad SMARTS) is 1. The maximum atomic E-state index is 11.0. The maximum absolute atomic E-state index is 11.0. The third-order valence-electron chi connectivity index (χ3n) is 2.61. The highest BCUT2D eigenvalue weighted by Gasteiger charge is 2.10. The minimum atomic E-state index is -0.938. The molecule has 4 heteroatoms. The molecule has 0 bridgehead atoms. The van der Waals surface area contributed by atoms with Crippen LogP contribution in [0.3, 0.4) is 0 Å². The average molecular weight is 222 g/mol. The zero-order chi connectivity index (χ0) is 12.1. The molecule has 1 rings (SSSR count). The van der Waals surface area contributed by atoms with Crippen molar-refractivity contribution < 1.29 is 9.90 Å². The highest BCUT2D eigenvalue weighted by molar-refractivity contribution is 5.95. The highest BCUT2D eigenvalue weighted by Crippen LogP contribution is 2.19. The van der Waals surface area contributed by atoms with Gasteiger partial charge in [0.1, 0.15) is 0 Å². The number of anilines is 2. The molecule has 0 fully saturated rings. The molecule has 88 valence electrons. The van der Waals surface area contributed by atoms with Crippen molar-refractivity contribution in [3.8, 4) is 0 Å². The minimum absolute atomic E-state index is 0.262. The summed E-state index contributed by atoms with van der Waals surface area (Å²) in [4.78, 5) is 11.0. The number of aromatic carboxylic acids is 1. The predicted molar refractivity (Wildman–Crippen MR) is 65.8 cm³/mol. The Morgan fingerprint density at radius 2 is 2.25 bits per heavy atom. The normalized spacial score (nSPS) is 12.1. The number of carboxylic acids is 1. The third-order valence-corrected chi connectivity index (χ3v) is 2.61. The topological polar surface area (TPSA) is 75.3 Å². The lowest BCUT2D eigenvalue weighted by molar-refractivity contribution is 0.0698. The molecule has 1 aromatic carbocycles. The fourth-order valence-corrected chi connectivity index (χ4v) is 1.32. The van der Waals surface area contributed by atoms with E-state index in [0.717, 1.165) is 13.0 Å². The summed E-state index contributed by atoms with van der Waals surface area (Å²) in [5.74, 6) is -0.435. The van der Waals surface area contributed by atoms with Crippen molar-refractivity contribution in [3.63, 3.8) is 0 Å². The largest absolute Gasteiger partial charge is 0.478 e. The van der Waals surface area contributed by atoms with Crippen molar-refractivity contribution in [2.75, 3.05) is 17.6 Å². The lowest BCUT2D eigenvalue weighted by Gasteiger charge is -2.13. The van der Waals surface area contributed by atoms with Gasteiger partial charge in [-0.2, -0.15) is 0 Å². The van der Waals surface area contributed by atoms with Crippen molar-refractivity contribution >= 4 is 17.3 Å². The molecule has 0 aromatic heterocycles. The van der Waals surface area contributed by atoms with Crippen LogP contribution in [0.25, 0.3) is 0 Å². The third kappa shape index (κ3) is 3.15. The molecule has 16 heavy (non-hydrogen) atoms. The van der Waals surface area contributed by atoms with Crippen LogP contribution >= 0.6 is 0 Å². The number of rotatable bonds is 5. The lowest BCUT2D eigenvalue weighted by atomic mass is 10.1. The second-order valence-electron chi connectivity index (χ2n) is 4.00. The minimum Gasteiger partial charge on any atom is -0.478 e. The Kier molecular flexibility index (Phi) is 4.17. The van der Waals surface area contributed by atoms with Gasteiger partial charge in [0.25, 0.3) is 0 Å². The number of hydrogen-bond acceptors (Lipinski definition) is 3. The van der Waals surface area contributed by atoms with Crippen LogP contribution in [0.1, 0.15) is 30.6 Å². The van der Waals surface area contributed by atoms with Crippen LogP contribution in [0.2, 0.25) is 0 Å². The molecule has 1 aromatic rings. The van der Waals surface area contributed by atoms with Crippen LogP contribution in [0, 0.1) is 5.92 Å². The Hall–Kier alpha value is -1.71. The standard InChI is InChI=1S/C12H18N2O2/c1-3-8(2)7-14-11-6-9(13)4-5-10(11)12(15)16/h4-6,8,14H,3,7,13H2,1-2H3,(H,15,16). The van der Waals surface area contributed by atoms with Crippen molar-refractivity contribution in [3.05, 3.63) is 23.8 Å². The van der Waals surface area contributed by atoms with Crippen LogP contribution in [0.4, 0.5) is 11.4 Å². The van der Waals surface area contributed by atoms with Gasteiger partial charge in [-0.25, -0.2) is 4.79 Å². The summed E-state index contributed by atoms with van der Waals surface area (Å²) in [6.45, 7) is 4.96. The molecule has 1 unspecified atom stereocenters. The second-order valence-corrected chi connectivity index (χ2v) is 4.00. The van der Waals surface area contributed by atoms with Gasteiger partial charge in [-0.1, -0.05) is 20.3 Å². The molecule has 0 aliphatic heterocycles. The van der Waals surface area contributed by atoms with Gasteiger partial charge in [0.05, 0.1) is 11.3 Å². The van der Waals surface area contributed by atoms with Crippen molar-refractivity contribution in [1.82, 2.24) is 0 Å². The summed E-state index contributed by atoms with van der Waals surface area (Å²) in [6, 6.07) is 4.78. The summed E-state index contributed by atoms with van der Waals surface area (Å²) in [5, 5.41) is 12.1. The molecular formula is C12H18N2O2. The van der Waals surface area contributed by atoms with Gasteiger partial charge in [-0.15, -0.1) is 0 Å². The van der Waals surface area contributed by atoms with Gasteiger partial charge < -0.3 is 16.2 Å². The molecule has 0 aliphatic carbocycles. The Bertz CT molecular complexity index is 377. The van der Waals surface area contributed by atoms with E-state index >= 15 is 0 Å². The molecule has 0 spiro atoms. The quantitative estimate of drug-likeness (QED) is 0.669. The number of carbonyl (C=O) groups is 1. The van der Waals surface area contributed by atoms with E-state index in [4.69, 9.17) is 10.8 Å². The molecule has 0 aliphatic rings. The molecule has 1 atom stereocenters. The number of nitrogens with two attached hydrogens (primary N) is 1. The van der Waals surface area contributed by atoms with Gasteiger partial charge in [0.2, 0.25) is 0 Å². The summed E-state index contributed by atoms with van der Waals surface area (Å²) >= 11 is 0. The van der Waals surface area contributed by atoms with Crippen molar-refractivity contribution in [2.24, 2.45) is 5.92 Å². The number of benzene rings is 1. The molecule has 4 nitrogen and oxygen atoms in total. The van der Waals surface area contributed by atoms with Gasteiger partial charge in [0.15, 0.2) is 0 Å². The van der Waals surface area contributed by atoms with Crippen molar-refractivity contribution in [1.29, 1.82) is 0 Å². The molecular weight excluding hydrogens is 204 g/mol. The van der Waals surface area contributed by atoms with Crippen LogP contribution in [-0.4, -0.2) is 17.6 Å². The monoisotopic (exact) mass is 222 g/mol. The van der Waals surface area contributed by atoms with Crippen LogP contribution < -0.4 is 11.1 Å². The van der Waals surface area contributed by atoms with Gasteiger partial charge >= 0.3 is 5.97 Å². The fraction of sp³-hybridized carbons (Fsp3) is 0.417. The van der Waals surface area contributed by atoms with E-state index in [-0.39, 0.29) is 5.56 Å². The number of nitrogen functional groups attached to an aromatic ring is 1. The summed E-state index contributed by atoms with van der Waals surface area (Å²) in [5.41, 5.74) is 7.05. The van der Waals surface area contributed by atoms with Crippen LogP contribution in [0.5, 0.6) is 0 Å². The first-order valence-electron chi connectivity index (χ1n) is 5.41. The lowest BCUT2D eigenvalue weighted by Crippen LogP contribution is -2.13. The van der Waals surface area contributed by atoms with E-state index in [1.54, 1.807) is 12.1 Å². The highest BCUT2D eigenvalue weighted by atomic mass is 16.4. The molecule has 4 N–H and O–H groups in total. The Morgan fingerprint density at radius 1 is 1.56 bits per heavy atom. The first-order valence-corrected chi connectivity index (χ1v) is 5.41. The summed E-state index contributed by atoms with van der Waals surface area (Å²) < 4.78 is 0. The first-order chi connectivity index (χ1) is 7.54.